The average Bonchev–Trinajstić information content (AvgIpc) is 2.85. The van der Waals surface area contributed by atoms with E-state index in [1.54, 1.807) is 30.3 Å². The summed E-state index contributed by atoms with van der Waals surface area (Å²) in [6.45, 7) is 0. The van der Waals surface area contributed by atoms with Gasteiger partial charge < -0.3 is 15.6 Å². The fourth-order valence-corrected chi connectivity index (χ4v) is 4.70. The van der Waals surface area contributed by atoms with Crippen molar-refractivity contribution >= 4 is 45.1 Å². The van der Waals surface area contributed by atoms with Gasteiger partial charge in [0.1, 0.15) is 16.8 Å². The van der Waals surface area contributed by atoms with Crippen LogP contribution in [0.25, 0.3) is 21.9 Å². The van der Waals surface area contributed by atoms with Gasteiger partial charge in [-0.1, -0.05) is 11.6 Å². The summed E-state index contributed by atoms with van der Waals surface area (Å²) in [7, 11) is 0. The number of alkyl halides is 2. The zero-order chi connectivity index (χ0) is 24.5. The summed E-state index contributed by atoms with van der Waals surface area (Å²) < 4.78 is 26.8. The molecule has 1 aliphatic carbocycles. The topological polar surface area (TPSA) is 99.8 Å². The molecule has 5 rings (SSSR count). The number of fused-ring (bicyclic) bond motifs is 2. The molecule has 0 unspecified atom stereocenters. The number of H-pyrrole nitrogens is 1. The van der Waals surface area contributed by atoms with Gasteiger partial charge in [0, 0.05) is 40.6 Å². The summed E-state index contributed by atoms with van der Waals surface area (Å²) in [6.07, 6.45) is 3.03. The van der Waals surface area contributed by atoms with Gasteiger partial charge in [-0.25, -0.2) is 13.8 Å². The molecule has 1 fully saturated rings. The molecule has 0 bridgehead atoms. The molecule has 0 spiro atoms. The summed E-state index contributed by atoms with van der Waals surface area (Å²) in [5.41, 5.74) is 1.13. The quantitative estimate of drug-likeness (QED) is 0.351. The normalized spacial score (nSPS) is 18.2. The molecule has 0 aliphatic heterocycles. The molecule has 1 aliphatic rings. The Balaban J connectivity index is 1.26. The Kier molecular flexibility index (Phi) is 6.34. The lowest BCUT2D eigenvalue weighted by atomic mass is 9.90. The first-order valence-corrected chi connectivity index (χ1v) is 11.7. The molecule has 35 heavy (non-hydrogen) atoms. The van der Waals surface area contributed by atoms with E-state index in [2.05, 4.69) is 25.6 Å². The number of hydrogen-bond acceptors (Lipinski definition) is 5. The minimum atomic E-state index is -2.69. The highest BCUT2D eigenvalue weighted by Crippen LogP contribution is 2.32. The maximum absolute atomic E-state index is 13.4. The number of benzene rings is 1. The first-order chi connectivity index (χ1) is 16.9. The minimum absolute atomic E-state index is 0.0242. The molecule has 180 valence electrons. The molecule has 0 atom stereocenters. The highest BCUT2D eigenvalue weighted by atomic mass is 35.5. The summed E-state index contributed by atoms with van der Waals surface area (Å²) >= 11 is 6.12. The number of amides is 1. The van der Waals surface area contributed by atoms with E-state index >= 15 is 0 Å². The molecule has 1 saturated carbocycles. The van der Waals surface area contributed by atoms with Crippen LogP contribution in [0.3, 0.4) is 0 Å². The van der Waals surface area contributed by atoms with Crippen LogP contribution in [0.1, 0.15) is 48.2 Å². The molecule has 10 heteroatoms. The lowest BCUT2D eigenvalue weighted by Crippen LogP contribution is -2.41. The van der Waals surface area contributed by atoms with Crippen molar-refractivity contribution in [3.05, 3.63) is 75.3 Å². The number of aromatic nitrogens is 3. The van der Waals surface area contributed by atoms with E-state index in [0.717, 1.165) is 12.8 Å². The van der Waals surface area contributed by atoms with E-state index in [4.69, 9.17) is 11.6 Å². The highest BCUT2D eigenvalue weighted by Gasteiger charge is 2.25. The standard InChI is InChI=1S/C25H22ClF2N5O2/c26-13-3-8-18-16(10-13)20(11-21(33-18)24(27)28)31-14-4-6-15(7-5-14)32-25(35)17-12-30-19-2-1-9-29-22(19)23(17)34/h1-3,8-12,14-15,24H,4-7H2,(H,30,34)(H,31,33)(H,32,35)/t14-,15+. The maximum Gasteiger partial charge on any atom is 0.280 e. The van der Waals surface area contributed by atoms with Gasteiger partial charge in [-0.05, 0) is 62.1 Å². The van der Waals surface area contributed by atoms with Gasteiger partial charge in [0.2, 0.25) is 5.43 Å². The van der Waals surface area contributed by atoms with Crippen LogP contribution < -0.4 is 16.1 Å². The van der Waals surface area contributed by atoms with Crippen LogP contribution in [-0.4, -0.2) is 32.9 Å². The molecule has 0 saturated heterocycles. The van der Waals surface area contributed by atoms with Crippen LogP contribution >= 0.6 is 11.6 Å². The smallest absolute Gasteiger partial charge is 0.280 e. The fourth-order valence-electron chi connectivity index (χ4n) is 4.53. The number of nitrogens with one attached hydrogen (secondary N) is 3. The Hall–Kier alpha value is -3.59. The molecule has 3 N–H and O–H groups in total. The van der Waals surface area contributed by atoms with Crippen LogP contribution in [0.5, 0.6) is 0 Å². The number of pyridine rings is 3. The Bertz CT molecular complexity index is 1470. The Morgan fingerprint density at radius 1 is 1.11 bits per heavy atom. The second kappa shape index (κ2) is 9.58. The van der Waals surface area contributed by atoms with Gasteiger partial charge in [0.15, 0.2) is 0 Å². The van der Waals surface area contributed by atoms with Crippen molar-refractivity contribution in [3.8, 4) is 0 Å². The van der Waals surface area contributed by atoms with E-state index in [1.165, 1.54) is 18.5 Å². The lowest BCUT2D eigenvalue weighted by molar-refractivity contribution is 0.0925. The number of rotatable bonds is 5. The number of hydrogen-bond donors (Lipinski definition) is 3. The minimum Gasteiger partial charge on any atom is -0.382 e. The van der Waals surface area contributed by atoms with Gasteiger partial charge in [-0.3, -0.25) is 14.6 Å². The summed E-state index contributed by atoms with van der Waals surface area (Å²) in [4.78, 5) is 36.5. The van der Waals surface area contributed by atoms with Crippen LogP contribution in [0.15, 0.2) is 53.6 Å². The molecule has 4 aromatic rings. The lowest BCUT2D eigenvalue weighted by Gasteiger charge is -2.30. The largest absolute Gasteiger partial charge is 0.382 e. The first-order valence-electron chi connectivity index (χ1n) is 11.3. The van der Waals surface area contributed by atoms with Crippen molar-refractivity contribution in [2.24, 2.45) is 0 Å². The number of anilines is 1. The SMILES string of the molecule is O=C(N[C@H]1CC[C@@H](Nc2cc(C(F)F)nc3ccc(Cl)cc23)CC1)c1c[nH]c2cccnc2c1=O. The number of halogens is 3. The second-order valence-electron chi connectivity index (χ2n) is 8.65. The van der Waals surface area contributed by atoms with Gasteiger partial charge in [-0.15, -0.1) is 0 Å². The predicted molar refractivity (Wildman–Crippen MR) is 131 cm³/mol. The monoisotopic (exact) mass is 497 g/mol. The molecular formula is C25H22ClF2N5O2. The van der Waals surface area contributed by atoms with E-state index in [-0.39, 0.29) is 28.9 Å². The van der Waals surface area contributed by atoms with E-state index in [0.29, 0.717) is 40.0 Å². The van der Waals surface area contributed by atoms with Crippen molar-refractivity contribution < 1.29 is 13.6 Å². The molecule has 3 aromatic heterocycles. The third-order valence-corrected chi connectivity index (χ3v) is 6.56. The van der Waals surface area contributed by atoms with Crippen LogP contribution in [0.2, 0.25) is 5.02 Å². The molecule has 3 heterocycles. The molecule has 1 aromatic carbocycles. The van der Waals surface area contributed by atoms with Crippen molar-refractivity contribution in [1.29, 1.82) is 0 Å². The van der Waals surface area contributed by atoms with Crippen molar-refractivity contribution in [1.82, 2.24) is 20.3 Å². The third-order valence-electron chi connectivity index (χ3n) is 6.32. The Morgan fingerprint density at radius 3 is 2.66 bits per heavy atom. The van der Waals surface area contributed by atoms with E-state index < -0.39 is 17.8 Å². The Morgan fingerprint density at radius 2 is 1.89 bits per heavy atom. The molecule has 7 nitrogen and oxygen atoms in total. The van der Waals surface area contributed by atoms with Gasteiger partial charge in [0.25, 0.3) is 12.3 Å². The average molecular weight is 498 g/mol. The van der Waals surface area contributed by atoms with Gasteiger partial charge in [0.05, 0.1) is 11.0 Å². The molecule has 0 radical (unpaired) electrons. The van der Waals surface area contributed by atoms with Crippen molar-refractivity contribution in [3.63, 3.8) is 0 Å². The number of aromatic amines is 1. The zero-order valence-electron chi connectivity index (χ0n) is 18.5. The summed E-state index contributed by atoms with van der Waals surface area (Å²) in [6, 6.07) is 9.71. The summed E-state index contributed by atoms with van der Waals surface area (Å²) in [5, 5.41) is 7.50. The summed E-state index contributed by atoms with van der Waals surface area (Å²) in [5.74, 6) is -0.438. The van der Waals surface area contributed by atoms with Crippen LogP contribution in [0.4, 0.5) is 14.5 Å². The maximum atomic E-state index is 13.4. The van der Waals surface area contributed by atoms with E-state index in [9.17, 15) is 18.4 Å². The first kappa shape index (κ1) is 23.2. The van der Waals surface area contributed by atoms with E-state index in [1.807, 2.05) is 0 Å². The van der Waals surface area contributed by atoms with Crippen LogP contribution in [0, 0.1) is 0 Å². The number of nitrogens with zero attached hydrogens (tertiary/aromatic N) is 2. The molecular weight excluding hydrogens is 476 g/mol. The molecule has 1 amide bonds. The highest BCUT2D eigenvalue weighted by molar-refractivity contribution is 6.31. The van der Waals surface area contributed by atoms with Crippen molar-refractivity contribution in [2.75, 3.05) is 5.32 Å². The zero-order valence-corrected chi connectivity index (χ0v) is 19.3. The fraction of sp³-hybridized carbons (Fsp3) is 0.280. The predicted octanol–water partition coefficient (Wildman–Crippen LogP) is 5.22. The van der Waals surface area contributed by atoms with Crippen molar-refractivity contribution in [2.45, 2.75) is 44.2 Å². The second-order valence-corrected chi connectivity index (χ2v) is 9.09. The Labute approximate surface area is 203 Å². The number of carbonyl (C=O) groups excluding carboxylic acids is 1. The van der Waals surface area contributed by atoms with Gasteiger partial charge in [-0.2, -0.15) is 0 Å². The van der Waals surface area contributed by atoms with Crippen LogP contribution in [-0.2, 0) is 0 Å². The van der Waals surface area contributed by atoms with Gasteiger partial charge >= 0.3 is 0 Å². The number of carbonyl (C=O) groups is 1. The third kappa shape index (κ3) is 4.81.